The predicted molar refractivity (Wildman–Crippen MR) is 107 cm³/mol. The normalized spacial score (nSPS) is 26.5. The number of ether oxygens (including phenoxy) is 1. The lowest BCUT2D eigenvalue weighted by Gasteiger charge is -2.51. The highest BCUT2D eigenvalue weighted by Gasteiger charge is 2.53. The summed E-state index contributed by atoms with van der Waals surface area (Å²) >= 11 is 0. The molecule has 2 aliphatic rings. The van der Waals surface area contributed by atoms with Crippen LogP contribution in [0.4, 0.5) is 4.39 Å². The second kappa shape index (κ2) is 7.52. The van der Waals surface area contributed by atoms with Crippen molar-refractivity contribution in [2.75, 3.05) is 19.7 Å². The summed E-state index contributed by atoms with van der Waals surface area (Å²) in [5, 5.41) is 21.1. The number of piperidine rings is 1. The molecule has 0 aliphatic carbocycles. The monoisotopic (exact) mass is 399 g/mol. The van der Waals surface area contributed by atoms with Crippen LogP contribution in [0.25, 0.3) is 11.1 Å². The molecule has 0 unspecified atom stereocenters. The molecule has 1 spiro atoms. The van der Waals surface area contributed by atoms with Gasteiger partial charge in [-0.05, 0) is 49.1 Å². The SMILES string of the molecule is C[C@@]1(O)CCOC2(CCN(C(=O)c3ccccc3-c3ccc(F)cc3)CC2)[C@H]1O. The number of halogens is 1. The zero-order chi connectivity index (χ0) is 20.6. The lowest BCUT2D eigenvalue weighted by Crippen LogP contribution is -2.64. The first kappa shape index (κ1) is 20.0. The molecule has 2 heterocycles. The van der Waals surface area contributed by atoms with E-state index in [9.17, 15) is 19.4 Å². The molecule has 2 saturated heterocycles. The molecule has 2 aromatic carbocycles. The van der Waals surface area contributed by atoms with E-state index in [1.807, 2.05) is 18.2 Å². The Balaban J connectivity index is 1.53. The molecule has 6 heteroatoms. The summed E-state index contributed by atoms with van der Waals surface area (Å²) in [6.45, 7) is 2.90. The number of carbonyl (C=O) groups is 1. The number of aliphatic hydroxyl groups excluding tert-OH is 1. The number of benzene rings is 2. The maximum atomic E-state index is 13.3. The van der Waals surface area contributed by atoms with E-state index in [1.54, 1.807) is 30.0 Å². The molecule has 4 rings (SSSR count). The van der Waals surface area contributed by atoms with Crippen LogP contribution in [0.2, 0.25) is 0 Å². The average molecular weight is 399 g/mol. The Morgan fingerprint density at radius 2 is 1.76 bits per heavy atom. The molecule has 2 N–H and O–H groups in total. The number of hydrogen-bond acceptors (Lipinski definition) is 4. The molecule has 0 saturated carbocycles. The second-order valence-corrected chi connectivity index (χ2v) is 8.27. The Labute approximate surface area is 169 Å². The third-order valence-electron chi connectivity index (χ3n) is 6.29. The van der Waals surface area contributed by atoms with E-state index < -0.39 is 17.3 Å². The van der Waals surface area contributed by atoms with Gasteiger partial charge in [0, 0.05) is 25.1 Å². The molecule has 2 aliphatic heterocycles. The Hall–Kier alpha value is -2.28. The highest BCUT2D eigenvalue weighted by atomic mass is 19.1. The highest BCUT2D eigenvalue weighted by molar-refractivity contribution is 6.01. The molecule has 0 radical (unpaired) electrons. The molecule has 0 bridgehead atoms. The smallest absolute Gasteiger partial charge is 0.254 e. The number of amides is 1. The van der Waals surface area contributed by atoms with Gasteiger partial charge in [-0.15, -0.1) is 0 Å². The minimum atomic E-state index is -1.18. The zero-order valence-electron chi connectivity index (χ0n) is 16.5. The summed E-state index contributed by atoms with van der Waals surface area (Å²) in [6.07, 6.45) is 0.347. The number of hydrogen-bond donors (Lipinski definition) is 2. The van der Waals surface area contributed by atoms with E-state index >= 15 is 0 Å². The minimum Gasteiger partial charge on any atom is -0.387 e. The number of nitrogens with zero attached hydrogens (tertiary/aromatic N) is 1. The molecule has 2 atom stereocenters. The largest absolute Gasteiger partial charge is 0.387 e. The number of carbonyl (C=O) groups excluding carboxylic acids is 1. The third kappa shape index (κ3) is 3.68. The Morgan fingerprint density at radius 3 is 2.45 bits per heavy atom. The van der Waals surface area contributed by atoms with Crippen molar-refractivity contribution in [1.82, 2.24) is 4.90 Å². The van der Waals surface area contributed by atoms with E-state index in [-0.39, 0.29) is 11.7 Å². The summed E-state index contributed by atoms with van der Waals surface area (Å²) in [5.41, 5.74) is 0.113. The average Bonchev–Trinajstić information content (AvgIpc) is 2.73. The van der Waals surface area contributed by atoms with Crippen LogP contribution in [0.3, 0.4) is 0 Å². The van der Waals surface area contributed by atoms with E-state index in [1.165, 1.54) is 12.1 Å². The van der Waals surface area contributed by atoms with Gasteiger partial charge in [-0.1, -0.05) is 30.3 Å². The molecule has 29 heavy (non-hydrogen) atoms. The molecule has 5 nitrogen and oxygen atoms in total. The number of rotatable bonds is 2. The van der Waals surface area contributed by atoms with Gasteiger partial charge in [0.25, 0.3) is 5.91 Å². The van der Waals surface area contributed by atoms with Gasteiger partial charge in [0.05, 0.1) is 12.2 Å². The predicted octanol–water partition coefficient (Wildman–Crippen LogP) is 3.00. The van der Waals surface area contributed by atoms with Crippen LogP contribution in [-0.2, 0) is 4.74 Å². The Kier molecular flexibility index (Phi) is 5.19. The fourth-order valence-corrected chi connectivity index (χ4v) is 4.47. The van der Waals surface area contributed by atoms with Gasteiger partial charge in [-0.2, -0.15) is 0 Å². The van der Waals surface area contributed by atoms with E-state index in [4.69, 9.17) is 4.74 Å². The molecule has 154 valence electrons. The molecule has 2 fully saturated rings. The van der Waals surface area contributed by atoms with Crippen LogP contribution >= 0.6 is 0 Å². The maximum absolute atomic E-state index is 13.3. The van der Waals surface area contributed by atoms with Crippen LogP contribution in [0, 0.1) is 5.82 Å². The van der Waals surface area contributed by atoms with Crippen molar-refractivity contribution in [3.8, 4) is 11.1 Å². The number of likely N-dealkylation sites (tertiary alicyclic amines) is 1. The van der Waals surface area contributed by atoms with Gasteiger partial charge < -0.3 is 19.8 Å². The highest BCUT2D eigenvalue weighted by Crippen LogP contribution is 2.40. The van der Waals surface area contributed by atoms with E-state index in [0.29, 0.717) is 44.5 Å². The summed E-state index contributed by atoms with van der Waals surface area (Å²) in [6, 6.07) is 13.4. The fourth-order valence-electron chi connectivity index (χ4n) is 4.47. The third-order valence-corrected chi connectivity index (χ3v) is 6.29. The van der Waals surface area contributed by atoms with E-state index in [0.717, 1.165) is 11.1 Å². The van der Waals surface area contributed by atoms with Crippen molar-refractivity contribution in [3.05, 3.63) is 59.9 Å². The Morgan fingerprint density at radius 1 is 1.10 bits per heavy atom. The lowest BCUT2D eigenvalue weighted by atomic mass is 9.75. The quantitative estimate of drug-likeness (QED) is 0.815. The van der Waals surface area contributed by atoms with Crippen LogP contribution in [0.5, 0.6) is 0 Å². The molecular weight excluding hydrogens is 373 g/mol. The van der Waals surface area contributed by atoms with Gasteiger partial charge in [0.15, 0.2) is 0 Å². The van der Waals surface area contributed by atoms with Gasteiger partial charge in [-0.25, -0.2) is 4.39 Å². The second-order valence-electron chi connectivity index (χ2n) is 8.27. The first-order valence-electron chi connectivity index (χ1n) is 10.0. The van der Waals surface area contributed by atoms with Crippen LogP contribution in [0.15, 0.2) is 48.5 Å². The molecular formula is C23H26FNO4. The van der Waals surface area contributed by atoms with Crippen molar-refractivity contribution in [2.24, 2.45) is 0 Å². The standard InChI is InChI=1S/C23H26FNO4/c1-22(28)12-15-29-23(21(22)27)10-13-25(14-11-23)20(26)19-5-3-2-4-18(19)16-6-8-17(24)9-7-16/h2-9,21,27-28H,10-15H2,1H3/t21-,22+/m0/s1. The zero-order valence-corrected chi connectivity index (χ0v) is 16.5. The van der Waals surface area contributed by atoms with Crippen LogP contribution in [0.1, 0.15) is 36.5 Å². The fraction of sp³-hybridized carbons (Fsp3) is 0.435. The van der Waals surface area contributed by atoms with Crippen molar-refractivity contribution in [2.45, 2.75) is 43.5 Å². The summed E-state index contributed by atoms with van der Waals surface area (Å²) in [7, 11) is 0. The summed E-state index contributed by atoms with van der Waals surface area (Å²) < 4.78 is 19.2. The van der Waals surface area contributed by atoms with Crippen molar-refractivity contribution in [3.63, 3.8) is 0 Å². The van der Waals surface area contributed by atoms with Crippen LogP contribution in [-0.4, -0.2) is 58.0 Å². The van der Waals surface area contributed by atoms with Gasteiger partial charge in [-0.3, -0.25) is 4.79 Å². The van der Waals surface area contributed by atoms with Crippen molar-refractivity contribution >= 4 is 5.91 Å². The van der Waals surface area contributed by atoms with Crippen LogP contribution < -0.4 is 0 Å². The lowest BCUT2D eigenvalue weighted by molar-refractivity contribution is -0.244. The van der Waals surface area contributed by atoms with E-state index in [2.05, 4.69) is 0 Å². The van der Waals surface area contributed by atoms with Gasteiger partial charge in [0.1, 0.15) is 17.5 Å². The first-order chi connectivity index (χ1) is 13.8. The van der Waals surface area contributed by atoms with Crippen molar-refractivity contribution in [1.29, 1.82) is 0 Å². The molecule has 2 aromatic rings. The van der Waals surface area contributed by atoms with Gasteiger partial charge in [0.2, 0.25) is 0 Å². The minimum absolute atomic E-state index is 0.100. The summed E-state index contributed by atoms with van der Waals surface area (Å²) in [4.78, 5) is 15.0. The first-order valence-corrected chi connectivity index (χ1v) is 10.0. The number of aliphatic hydroxyl groups is 2. The topological polar surface area (TPSA) is 70.0 Å². The van der Waals surface area contributed by atoms with Crippen molar-refractivity contribution < 1.29 is 24.1 Å². The molecule has 0 aromatic heterocycles. The molecule has 1 amide bonds. The summed E-state index contributed by atoms with van der Waals surface area (Å²) in [5.74, 6) is -0.419. The maximum Gasteiger partial charge on any atom is 0.254 e. The Bertz CT molecular complexity index is 888. The van der Waals surface area contributed by atoms with Gasteiger partial charge >= 0.3 is 0 Å².